The molecule has 0 spiro atoms. The summed E-state index contributed by atoms with van der Waals surface area (Å²) in [6.07, 6.45) is 9.44. The van der Waals surface area contributed by atoms with Crippen molar-refractivity contribution in [3.05, 3.63) is 17.7 Å². The maximum Gasteiger partial charge on any atom is 0.193 e. The van der Waals surface area contributed by atoms with Gasteiger partial charge in [-0.3, -0.25) is 4.99 Å². The van der Waals surface area contributed by atoms with Gasteiger partial charge in [0.05, 0.1) is 5.69 Å². The molecule has 0 atom stereocenters. The number of nitrogens with zero attached hydrogens (tertiary/aromatic N) is 4. The second-order valence-electron chi connectivity index (χ2n) is 6.95. The van der Waals surface area contributed by atoms with Crippen molar-refractivity contribution in [2.75, 3.05) is 26.2 Å². The highest BCUT2D eigenvalue weighted by atomic mass is 15.3. The summed E-state index contributed by atoms with van der Waals surface area (Å²) in [5.74, 6) is 3.21. The Kier molecular flexibility index (Phi) is 5.57. The molecule has 0 bridgehead atoms. The number of aromatic nitrogens is 2. The largest absolute Gasteiger partial charge is 0.357 e. The van der Waals surface area contributed by atoms with E-state index in [4.69, 9.17) is 9.98 Å². The van der Waals surface area contributed by atoms with Gasteiger partial charge in [0, 0.05) is 51.8 Å². The molecule has 3 rings (SSSR count). The number of aliphatic imine (C=N–C) groups is 1. The topological polar surface area (TPSA) is 45.5 Å². The number of guanidine groups is 1. The van der Waals surface area contributed by atoms with Crippen LogP contribution >= 0.6 is 0 Å². The molecule has 0 aliphatic carbocycles. The Morgan fingerprint density at radius 2 is 2.13 bits per heavy atom. The highest BCUT2D eigenvalue weighted by Crippen LogP contribution is 2.16. The third-order valence-electron chi connectivity index (χ3n) is 5.01. The zero-order valence-electron chi connectivity index (χ0n) is 14.7. The molecule has 1 aromatic rings. The first-order valence-corrected chi connectivity index (χ1v) is 9.34. The predicted molar refractivity (Wildman–Crippen MR) is 94.8 cm³/mol. The molecule has 3 heterocycles. The molecule has 2 aliphatic rings. The van der Waals surface area contributed by atoms with Crippen LogP contribution in [-0.2, 0) is 19.4 Å². The van der Waals surface area contributed by atoms with Crippen molar-refractivity contribution in [1.82, 2.24) is 19.8 Å². The van der Waals surface area contributed by atoms with Crippen LogP contribution in [0.5, 0.6) is 0 Å². The van der Waals surface area contributed by atoms with Crippen LogP contribution < -0.4 is 5.32 Å². The first-order chi connectivity index (χ1) is 11.3. The normalized spacial score (nSPS) is 19.7. The Bertz CT molecular complexity index is 502. The lowest BCUT2D eigenvalue weighted by Gasteiger charge is -2.33. The Labute approximate surface area is 140 Å². The van der Waals surface area contributed by atoms with E-state index in [0.717, 1.165) is 57.4 Å². The van der Waals surface area contributed by atoms with Gasteiger partial charge >= 0.3 is 0 Å². The second kappa shape index (κ2) is 7.84. The number of likely N-dealkylation sites (tertiary alicyclic amines) is 1. The van der Waals surface area contributed by atoms with E-state index in [1.165, 1.54) is 37.2 Å². The Balaban J connectivity index is 1.56. The molecule has 1 saturated heterocycles. The molecule has 1 N–H and O–H groups in total. The summed E-state index contributed by atoms with van der Waals surface area (Å²) in [6, 6.07) is 0. The molecule has 5 nitrogen and oxygen atoms in total. The number of nitrogens with one attached hydrogen (secondary N) is 1. The fraction of sp³-hybridized carbons (Fsp3) is 0.778. The van der Waals surface area contributed by atoms with E-state index in [-0.39, 0.29) is 0 Å². The number of piperidine rings is 1. The lowest BCUT2D eigenvalue weighted by atomic mass is 10.00. The molecule has 128 valence electrons. The second-order valence-corrected chi connectivity index (χ2v) is 6.95. The molecule has 0 unspecified atom stereocenters. The Hall–Kier alpha value is -1.52. The molecule has 0 saturated carbocycles. The van der Waals surface area contributed by atoms with Crippen molar-refractivity contribution in [1.29, 1.82) is 0 Å². The maximum absolute atomic E-state index is 4.85. The number of rotatable bonds is 4. The molecule has 0 amide bonds. The summed E-state index contributed by atoms with van der Waals surface area (Å²) in [5.41, 5.74) is 1.20. The molecule has 1 fully saturated rings. The number of fused-ring (bicyclic) bond motifs is 1. The van der Waals surface area contributed by atoms with Crippen molar-refractivity contribution in [2.24, 2.45) is 10.9 Å². The van der Waals surface area contributed by atoms with Gasteiger partial charge in [-0.25, -0.2) is 4.98 Å². The Morgan fingerprint density at radius 1 is 1.30 bits per heavy atom. The van der Waals surface area contributed by atoms with Crippen molar-refractivity contribution in [3.8, 4) is 0 Å². The first kappa shape index (κ1) is 16.3. The smallest absolute Gasteiger partial charge is 0.193 e. The average molecular weight is 317 g/mol. The SMILES string of the molecule is CCNC(=NCCc1cn2c(n1)CCCC2)N1CCC(C)CC1. The number of imidazole rings is 1. The van der Waals surface area contributed by atoms with Crippen LogP contribution in [0.2, 0.25) is 0 Å². The van der Waals surface area contributed by atoms with Crippen molar-refractivity contribution in [2.45, 2.75) is 58.9 Å². The van der Waals surface area contributed by atoms with Crippen LogP contribution in [0.3, 0.4) is 0 Å². The van der Waals surface area contributed by atoms with E-state index in [2.05, 4.69) is 34.8 Å². The van der Waals surface area contributed by atoms with E-state index in [0.29, 0.717) is 0 Å². The van der Waals surface area contributed by atoms with Gasteiger partial charge in [-0.15, -0.1) is 0 Å². The van der Waals surface area contributed by atoms with Gasteiger partial charge in [-0.2, -0.15) is 0 Å². The van der Waals surface area contributed by atoms with Crippen molar-refractivity contribution in [3.63, 3.8) is 0 Å². The average Bonchev–Trinajstić information content (AvgIpc) is 2.97. The molecule has 1 aromatic heterocycles. The number of aryl methyl sites for hydroxylation is 2. The minimum Gasteiger partial charge on any atom is -0.357 e. The molecule has 0 aromatic carbocycles. The van der Waals surface area contributed by atoms with Crippen LogP contribution in [0.25, 0.3) is 0 Å². The predicted octanol–water partition coefficient (Wildman–Crippen LogP) is 2.46. The zero-order chi connectivity index (χ0) is 16.1. The van der Waals surface area contributed by atoms with E-state index < -0.39 is 0 Å². The van der Waals surface area contributed by atoms with E-state index in [1.807, 2.05) is 0 Å². The van der Waals surface area contributed by atoms with Gasteiger partial charge in [0.2, 0.25) is 0 Å². The fourth-order valence-electron chi connectivity index (χ4n) is 3.51. The standard InChI is InChI=1S/C18H31N5/c1-3-19-18(22-12-8-15(2)9-13-22)20-10-7-16-14-23-11-5-4-6-17(23)21-16/h14-15H,3-13H2,1-2H3,(H,19,20). The molecular weight excluding hydrogens is 286 g/mol. The molecule has 5 heteroatoms. The fourth-order valence-corrected chi connectivity index (χ4v) is 3.51. The molecule has 2 aliphatic heterocycles. The van der Waals surface area contributed by atoms with Crippen LogP contribution in [-0.4, -0.2) is 46.6 Å². The van der Waals surface area contributed by atoms with Gasteiger partial charge in [-0.05, 0) is 38.5 Å². The summed E-state index contributed by atoms with van der Waals surface area (Å²) in [6.45, 7) is 9.65. The van der Waals surface area contributed by atoms with Gasteiger partial charge in [0.1, 0.15) is 5.82 Å². The third-order valence-corrected chi connectivity index (χ3v) is 5.01. The van der Waals surface area contributed by atoms with E-state index in [1.54, 1.807) is 0 Å². The van der Waals surface area contributed by atoms with Gasteiger partial charge < -0.3 is 14.8 Å². The number of hydrogen-bond donors (Lipinski definition) is 1. The lowest BCUT2D eigenvalue weighted by Crippen LogP contribution is -2.45. The maximum atomic E-state index is 4.85. The van der Waals surface area contributed by atoms with Gasteiger partial charge in [0.25, 0.3) is 0 Å². The Morgan fingerprint density at radius 3 is 2.87 bits per heavy atom. The summed E-state index contributed by atoms with van der Waals surface area (Å²) in [4.78, 5) is 12.0. The quantitative estimate of drug-likeness (QED) is 0.685. The van der Waals surface area contributed by atoms with Crippen molar-refractivity contribution >= 4 is 5.96 Å². The van der Waals surface area contributed by atoms with Crippen LogP contribution in [0.4, 0.5) is 0 Å². The third kappa shape index (κ3) is 4.27. The monoisotopic (exact) mass is 317 g/mol. The van der Waals surface area contributed by atoms with Crippen molar-refractivity contribution < 1.29 is 0 Å². The highest BCUT2D eigenvalue weighted by molar-refractivity contribution is 5.80. The van der Waals surface area contributed by atoms with Crippen LogP contribution in [0.15, 0.2) is 11.2 Å². The van der Waals surface area contributed by atoms with E-state index in [9.17, 15) is 0 Å². The summed E-state index contributed by atoms with van der Waals surface area (Å²) in [5, 5.41) is 3.45. The summed E-state index contributed by atoms with van der Waals surface area (Å²) >= 11 is 0. The molecule has 0 radical (unpaired) electrons. The summed E-state index contributed by atoms with van der Waals surface area (Å²) in [7, 11) is 0. The van der Waals surface area contributed by atoms with Crippen LogP contribution in [0.1, 0.15) is 51.0 Å². The van der Waals surface area contributed by atoms with Gasteiger partial charge in [-0.1, -0.05) is 6.92 Å². The van der Waals surface area contributed by atoms with Gasteiger partial charge in [0.15, 0.2) is 5.96 Å². The molecular formula is C18H31N5. The molecule has 23 heavy (non-hydrogen) atoms. The zero-order valence-corrected chi connectivity index (χ0v) is 14.7. The van der Waals surface area contributed by atoms with Crippen LogP contribution in [0, 0.1) is 5.92 Å². The highest BCUT2D eigenvalue weighted by Gasteiger charge is 2.18. The minimum absolute atomic E-state index is 0.824. The van der Waals surface area contributed by atoms with E-state index >= 15 is 0 Å². The lowest BCUT2D eigenvalue weighted by molar-refractivity contribution is 0.273. The minimum atomic E-state index is 0.824. The number of hydrogen-bond acceptors (Lipinski definition) is 2. The first-order valence-electron chi connectivity index (χ1n) is 9.34. The summed E-state index contributed by atoms with van der Waals surface area (Å²) < 4.78 is 2.33.